The van der Waals surface area contributed by atoms with Crippen LogP contribution in [0.25, 0.3) is 0 Å². The molecule has 4 heteroatoms. The molecule has 110 valence electrons. The van der Waals surface area contributed by atoms with Crippen molar-refractivity contribution in [1.29, 1.82) is 0 Å². The van der Waals surface area contributed by atoms with Crippen molar-refractivity contribution in [3.05, 3.63) is 29.8 Å². The molecule has 0 aromatic heterocycles. The molecule has 1 heterocycles. The Morgan fingerprint density at radius 3 is 2.75 bits per heavy atom. The Bertz CT molecular complexity index is 456. The van der Waals surface area contributed by atoms with E-state index in [1.807, 2.05) is 43.1 Å². The minimum atomic E-state index is -0.134. The third-order valence-electron chi connectivity index (χ3n) is 4.17. The van der Waals surface area contributed by atoms with Gasteiger partial charge in [-0.05, 0) is 50.6 Å². The molecule has 1 aliphatic heterocycles. The van der Waals surface area contributed by atoms with Crippen LogP contribution in [0.4, 0.5) is 0 Å². The largest absolute Gasteiger partial charge is 0.497 e. The number of amides is 1. The number of hydrogen-bond donors (Lipinski definition) is 1. The van der Waals surface area contributed by atoms with Crippen LogP contribution in [0.3, 0.4) is 0 Å². The lowest BCUT2D eigenvalue weighted by Gasteiger charge is -2.33. The summed E-state index contributed by atoms with van der Waals surface area (Å²) in [5.74, 6) is 0.849. The SMILES string of the molecule is COc1cccc(C(C)C(=O)N(C)C2CCNCC2)c1. The number of benzene rings is 1. The Labute approximate surface area is 121 Å². The predicted octanol–water partition coefficient (Wildman–Crippen LogP) is 2.01. The van der Waals surface area contributed by atoms with Crippen molar-refractivity contribution in [1.82, 2.24) is 10.2 Å². The second-order valence-electron chi connectivity index (χ2n) is 5.43. The summed E-state index contributed by atoms with van der Waals surface area (Å²) in [4.78, 5) is 14.5. The molecular formula is C16H24N2O2. The number of likely N-dealkylation sites (N-methyl/N-ethyl adjacent to an activating group) is 1. The Morgan fingerprint density at radius 1 is 1.40 bits per heavy atom. The number of ether oxygens (including phenoxy) is 1. The first kappa shape index (κ1) is 14.9. The van der Waals surface area contributed by atoms with E-state index in [1.165, 1.54) is 0 Å². The van der Waals surface area contributed by atoms with Crippen molar-refractivity contribution >= 4 is 5.91 Å². The zero-order valence-electron chi connectivity index (χ0n) is 12.6. The molecule has 0 spiro atoms. The van der Waals surface area contributed by atoms with Crippen molar-refractivity contribution in [2.75, 3.05) is 27.2 Å². The van der Waals surface area contributed by atoms with Gasteiger partial charge in [-0.25, -0.2) is 0 Å². The Balaban J connectivity index is 2.06. The van der Waals surface area contributed by atoms with Crippen molar-refractivity contribution in [3.8, 4) is 5.75 Å². The first-order valence-electron chi connectivity index (χ1n) is 7.25. The van der Waals surface area contributed by atoms with Crippen LogP contribution in [-0.4, -0.2) is 44.1 Å². The van der Waals surface area contributed by atoms with Gasteiger partial charge in [-0.2, -0.15) is 0 Å². The van der Waals surface area contributed by atoms with E-state index in [2.05, 4.69) is 5.32 Å². The van der Waals surface area contributed by atoms with E-state index >= 15 is 0 Å². The van der Waals surface area contributed by atoms with E-state index in [-0.39, 0.29) is 11.8 Å². The summed E-state index contributed by atoms with van der Waals surface area (Å²) in [5.41, 5.74) is 1.01. The lowest BCUT2D eigenvalue weighted by Crippen LogP contribution is -2.45. The van der Waals surface area contributed by atoms with Gasteiger partial charge in [0.15, 0.2) is 0 Å². The molecule has 1 aromatic rings. The van der Waals surface area contributed by atoms with Crippen LogP contribution in [0.15, 0.2) is 24.3 Å². The Morgan fingerprint density at radius 2 is 2.10 bits per heavy atom. The van der Waals surface area contributed by atoms with E-state index in [9.17, 15) is 4.79 Å². The molecule has 0 aliphatic carbocycles. The quantitative estimate of drug-likeness (QED) is 0.914. The Hall–Kier alpha value is -1.55. The molecule has 4 nitrogen and oxygen atoms in total. The number of piperidine rings is 1. The number of nitrogens with zero attached hydrogens (tertiary/aromatic N) is 1. The van der Waals surface area contributed by atoms with Crippen LogP contribution < -0.4 is 10.1 Å². The van der Waals surface area contributed by atoms with Gasteiger partial charge in [0.2, 0.25) is 5.91 Å². The first-order valence-corrected chi connectivity index (χ1v) is 7.25. The van der Waals surface area contributed by atoms with E-state index in [0.717, 1.165) is 37.2 Å². The van der Waals surface area contributed by atoms with Crippen molar-refractivity contribution < 1.29 is 9.53 Å². The summed E-state index contributed by atoms with van der Waals surface area (Å²) in [6, 6.07) is 8.12. The zero-order valence-corrected chi connectivity index (χ0v) is 12.6. The highest BCUT2D eigenvalue weighted by Crippen LogP contribution is 2.24. The van der Waals surface area contributed by atoms with Crippen LogP contribution in [0.1, 0.15) is 31.2 Å². The molecule has 1 fully saturated rings. The second kappa shape index (κ2) is 6.75. The molecule has 1 amide bonds. The molecule has 0 saturated carbocycles. The molecule has 1 aromatic carbocycles. The van der Waals surface area contributed by atoms with Gasteiger partial charge in [-0.15, -0.1) is 0 Å². The summed E-state index contributed by atoms with van der Waals surface area (Å²) < 4.78 is 5.23. The summed E-state index contributed by atoms with van der Waals surface area (Å²) in [6.07, 6.45) is 2.07. The van der Waals surface area contributed by atoms with Gasteiger partial charge < -0.3 is 15.0 Å². The van der Waals surface area contributed by atoms with Gasteiger partial charge in [0, 0.05) is 13.1 Å². The number of methoxy groups -OCH3 is 1. The van der Waals surface area contributed by atoms with Gasteiger partial charge in [0.25, 0.3) is 0 Å². The number of hydrogen-bond acceptors (Lipinski definition) is 3. The molecular weight excluding hydrogens is 252 g/mol. The van der Waals surface area contributed by atoms with Crippen LogP contribution >= 0.6 is 0 Å². The molecule has 2 rings (SSSR count). The number of carbonyl (C=O) groups is 1. The van der Waals surface area contributed by atoms with Gasteiger partial charge >= 0.3 is 0 Å². The summed E-state index contributed by atoms with van der Waals surface area (Å²) in [5, 5.41) is 3.33. The minimum Gasteiger partial charge on any atom is -0.497 e. The minimum absolute atomic E-state index is 0.134. The molecule has 1 unspecified atom stereocenters. The molecule has 1 atom stereocenters. The fourth-order valence-corrected chi connectivity index (χ4v) is 2.73. The highest BCUT2D eigenvalue weighted by Gasteiger charge is 2.26. The second-order valence-corrected chi connectivity index (χ2v) is 5.43. The normalized spacial score (nSPS) is 17.6. The average Bonchev–Trinajstić information content (AvgIpc) is 2.53. The van der Waals surface area contributed by atoms with E-state index in [1.54, 1.807) is 7.11 Å². The van der Waals surface area contributed by atoms with Gasteiger partial charge in [-0.3, -0.25) is 4.79 Å². The fourth-order valence-electron chi connectivity index (χ4n) is 2.73. The average molecular weight is 276 g/mol. The monoisotopic (exact) mass is 276 g/mol. The molecule has 0 radical (unpaired) electrons. The van der Waals surface area contributed by atoms with Crippen LogP contribution in [0.5, 0.6) is 5.75 Å². The van der Waals surface area contributed by atoms with Crippen LogP contribution in [0, 0.1) is 0 Å². The third kappa shape index (κ3) is 3.31. The standard InChI is InChI=1S/C16H24N2O2/c1-12(13-5-4-6-15(11-13)20-3)16(19)18(2)14-7-9-17-10-8-14/h4-6,11-12,14,17H,7-10H2,1-3H3. The fraction of sp³-hybridized carbons (Fsp3) is 0.562. The molecule has 1 aliphatic rings. The number of carbonyl (C=O) groups excluding carboxylic acids is 1. The van der Waals surface area contributed by atoms with Crippen LogP contribution in [-0.2, 0) is 4.79 Å². The maximum atomic E-state index is 12.6. The van der Waals surface area contributed by atoms with E-state index in [0.29, 0.717) is 6.04 Å². The number of rotatable bonds is 4. The van der Waals surface area contributed by atoms with Crippen molar-refractivity contribution in [2.45, 2.75) is 31.7 Å². The van der Waals surface area contributed by atoms with E-state index in [4.69, 9.17) is 4.74 Å². The summed E-state index contributed by atoms with van der Waals surface area (Å²) >= 11 is 0. The topological polar surface area (TPSA) is 41.6 Å². The highest BCUT2D eigenvalue weighted by molar-refractivity contribution is 5.83. The van der Waals surface area contributed by atoms with Crippen molar-refractivity contribution in [3.63, 3.8) is 0 Å². The van der Waals surface area contributed by atoms with Gasteiger partial charge in [0.05, 0.1) is 13.0 Å². The maximum Gasteiger partial charge on any atom is 0.229 e. The van der Waals surface area contributed by atoms with Crippen LogP contribution in [0.2, 0.25) is 0 Å². The summed E-state index contributed by atoms with van der Waals surface area (Å²) in [7, 11) is 3.57. The summed E-state index contributed by atoms with van der Waals surface area (Å²) in [6.45, 7) is 3.96. The van der Waals surface area contributed by atoms with Gasteiger partial charge in [0.1, 0.15) is 5.75 Å². The third-order valence-corrected chi connectivity index (χ3v) is 4.17. The highest BCUT2D eigenvalue weighted by atomic mass is 16.5. The smallest absolute Gasteiger partial charge is 0.229 e. The van der Waals surface area contributed by atoms with E-state index < -0.39 is 0 Å². The molecule has 1 N–H and O–H groups in total. The van der Waals surface area contributed by atoms with Gasteiger partial charge in [-0.1, -0.05) is 12.1 Å². The molecule has 0 bridgehead atoms. The zero-order chi connectivity index (χ0) is 14.5. The molecule has 20 heavy (non-hydrogen) atoms. The lowest BCUT2D eigenvalue weighted by molar-refractivity contribution is -0.133. The Kier molecular flexibility index (Phi) is 5.01. The number of nitrogens with one attached hydrogen (secondary N) is 1. The predicted molar refractivity (Wildman–Crippen MR) is 80.1 cm³/mol. The first-order chi connectivity index (χ1) is 9.63. The molecule has 1 saturated heterocycles. The lowest BCUT2D eigenvalue weighted by atomic mass is 9.97. The maximum absolute atomic E-state index is 12.6. The van der Waals surface area contributed by atoms with Crippen molar-refractivity contribution in [2.24, 2.45) is 0 Å².